The highest BCUT2D eigenvalue weighted by atomic mass is 35.5. The summed E-state index contributed by atoms with van der Waals surface area (Å²) in [6, 6.07) is 11.0. The quantitative estimate of drug-likeness (QED) is 0.931. The lowest BCUT2D eigenvalue weighted by Gasteiger charge is -2.16. The zero-order valence-electron chi connectivity index (χ0n) is 10.3. The van der Waals surface area contributed by atoms with Crippen LogP contribution in [0.3, 0.4) is 0 Å². The minimum absolute atomic E-state index is 0. The van der Waals surface area contributed by atoms with Gasteiger partial charge in [0, 0.05) is 10.6 Å². The van der Waals surface area contributed by atoms with E-state index in [1.165, 1.54) is 12.1 Å². The molecule has 1 atom stereocenters. The smallest absolute Gasteiger partial charge is 0.125 e. The SMILES string of the molecule is COc1cc(Cl)ccc1C(N)c1ccc(F)cc1.Cl. The van der Waals surface area contributed by atoms with Gasteiger partial charge < -0.3 is 10.5 Å². The van der Waals surface area contributed by atoms with Crippen LogP contribution in [-0.2, 0) is 0 Å². The maximum atomic E-state index is 12.9. The molecule has 0 fully saturated rings. The van der Waals surface area contributed by atoms with Crippen LogP contribution >= 0.6 is 24.0 Å². The van der Waals surface area contributed by atoms with E-state index >= 15 is 0 Å². The molecule has 2 aromatic carbocycles. The molecular weight excluding hydrogens is 288 g/mol. The fourth-order valence-corrected chi connectivity index (χ4v) is 1.95. The predicted octanol–water partition coefficient (Wildman–Crippen LogP) is 3.96. The van der Waals surface area contributed by atoms with Crippen LogP contribution in [0.2, 0.25) is 5.02 Å². The zero-order valence-corrected chi connectivity index (χ0v) is 11.8. The van der Waals surface area contributed by atoms with Gasteiger partial charge in [-0.25, -0.2) is 4.39 Å². The summed E-state index contributed by atoms with van der Waals surface area (Å²) in [6.07, 6.45) is 0. The van der Waals surface area contributed by atoms with E-state index in [2.05, 4.69) is 0 Å². The number of nitrogens with two attached hydrogens (primary N) is 1. The van der Waals surface area contributed by atoms with Crippen LogP contribution in [0, 0.1) is 5.82 Å². The van der Waals surface area contributed by atoms with Gasteiger partial charge in [0.25, 0.3) is 0 Å². The first-order valence-electron chi connectivity index (χ1n) is 5.46. The Morgan fingerprint density at radius 3 is 2.37 bits per heavy atom. The van der Waals surface area contributed by atoms with Crippen molar-refractivity contribution < 1.29 is 9.13 Å². The van der Waals surface area contributed by atoms with Crippen LogP contribution in [-0.4, -0.2) is 7.11 Å². The van der Waals surface area contributed by atoms with Crippen LogP contribution in [0.25, 0.3) is 0 Å². The molecule has 1 unspecified atom stereocenters. The molecule has 2 rings (SSSR count). The Hall–Kier alpha value is -1.29. The lowest BCUT2D eigenvalue weighted by Crippen LogP contribution is -2.13. The highest BCUT2D eigenvalue weighted by molar-refractivity contribution is 6.30. The highest BCUT2D eigenvalue weighted by Gasteiger charge is 2.14. The van der Waals surface area contributed by atoms with Gasteiger partial charge in [-0.05, 0) is 29.8 Å². The lowest BCUT2D eigenvalue weighted by molar-refractivity contribution is 0.408. The second-order valence-electron chi connectivity index (χ2n) is 3.92. The van der Waals surface area contributed by atoms with E-state index < -0.39 is 0 Å². The molecule has 0 aliphatic rings. The second kappa shape index (κ2) is 6.75. The first kappa shape index (κ1) is 15.8. The van der Waals surface area contributed by atoms with Gasteiger partial charge in [0.15, 0.2) is 0 Å². The third-order valence-electron chi connectivity index (χ3n) is 2.76. The number of methoxy groups -OCH3 is 1. The lowest BCUT2D eigenvalue weighted by atomic mass is 9.99. The van der Waals surface area contributed by atoms with E-state index in [-0.39, 0.29) is 24.3 Å². The van der Waals surface area contributed by atoms with Crippen molar-refractivity contribution in [2.24, 2.45) is 5.73 Å². The Balaban J connectivity index is 0.00000180. The molecule has 19 heavy (non-hydrogen) atoms. The molecule has 0 aliphatic heterocycles. The molecule has 0 aliphatic carbocycles. The molecule has 0 saturated carbocycles. The first-order valence-corrected chi connectivity index (χ1v) is 5.84. The molecule has 0 amide bonds. The van der Waals surface area contributed by atoms with Crippen molar-refractivity contribution in [2.75, 3.05) is 7.11 Å². The van der Waals surface area contributed by atoms with Gasteiger partial charge >= 0.3 is 0 Å². The fraction of sp³-hybridized carbons (Fsp3) is 0.143. The van der Waals surface area contributed by atoms with Crippen LogP contribution in [0.5, 0.6) is 5.75 Å². The van der Waals surface area contributed by atoms with Gasteiger partial charge in [0.2, 0.25) is 0 Å². The van der Waals surface area contributed by atoms with Crippen LogP contribution in [0.1, 0.15) is 17.2 Å². The average Bonchev–Trinajstić information content (AvgIpc) is 2.38. The molecule has 0 spiro atoms. The molecule has 0 heterocycles. The maximum Gasteiger partial charge on any atom is 0.125 e. The third-order valence-corrected chi connectivity index (χ3v) is 2.99. The van der Waals surface area contributed by atoms with Gasteiger partial charge in [-0.15, -0.1) is 12.4 Å². The number of hydrogen-bond donors (Lipinski definition) is 1. The number of benzene rings is 2. The fourth-order valence-electron chi connectivity index (χ4n) is 1.79. The van der Waals surface area contributed by atoms with Crippen molar-refractivity contribution in [3.05, 3.63) is 64.4 Å². The van der Waals surface area contributed by atoms with Crippen molar-refractivity contribution in [1.29, 1.82) is 0 Å². The Morgan fingerprint density at radius 2 is 1.79 bits per heavy atom. The zero-order chi connectivity index (χ0) is 13.1. The first-order chi connectivity index (χ1) is 8.61. The van der Waals surface area contributed by atoms with Gasteiger partial charge in [-0.1, -0.05) is 29.8 Å². The minimum Gasteiger partial charge on any atom is -0.496 e. The summed E-state index contributed by atoms with van der Waals surface area (Å²) >= 11 is 5.90. The van der Waals surface area contributed by atoms with Crippen molar-refractivity contribution in [3.8, 4) is 5.75 Å². The summed E-state index contributed by atoms with van der Waals surface area (Å²) in [5.74, 6) is 0.341. The normalized spacial score (nSPS) is 11.6. The predicted molar refractivity (Wildman–Crippen MR) is 77.7 cm³/mol. The molecule has 2 nitrogen and oxygen atoms in total. The van der Waals surface area contributed by atoms with Crippen LogP contribution in [0.15, 0.2) is 42.5 Å². The van der Waals surface area contributed by atoms with Gasteiger partial charge in [-0.2, -0.15) is 0 Å². The summed E-state index contributed by atoms with van der Waals surface area (Å²) in [5, 5.41) is 0.585. The topological polar surface area (TPSA) is 35.2 Å². The third kappa shape index (κ3) is 3.60. The van der Waals surface area contributed by atoms with Crippen LogP contribution in [0.4, 0.5) is 4.39 Å². The molecule has 0 bridgehead atoms. The van der Waals surface area contributed by atoms with Crippen molar-refractivity contribution >= 4 is 24.0 Å². The summed E-state index contributed by atoms with van der Waals surface area (Å²) in [5.41, 5.74) is 7.78. The van der Waals surface area contributed by atoms with E-state index in [4.69, 9.17) is 22.1 Å². The van der Waals surface area contributed by atoms with Gasteiger partial charge in [0.1, 0.15) is 11.6 Å². The summed E-state index contributed by atoms with van der Waals surface area (Å²) in [4.78, 5) is 0. The maximum absolute atomic E-state index is 12.9. The summed E-state index contributed by atoms with van der Waals surface area (Å²) in [7, 11) is 1.56. The molecule has 0 saturated heterocycles. The molecule has 2 N–H and O–H groups in total. The largest absolute Gasteiger partial charge is 0.496 e. The van der Waals surface area contributed by atoms with Crippen molar-refractivity contribution in [2.45, 2.75) is 6.04 Å². The van der Waals surface area contributed by atoms with Gasteiger partial charge in [-0.3, -0.25) is 0 Å². The Morgan fingerprint density at radius 1 is 1.16 bits per heavy atom. The number of halogens is 3. The summed E-state index contributed by atoms with van der Waals surface area (Å²) in [6.45, 7) is 0. The second-order valence-corrected chi connectivity index (χ2v) is 4.35. The number of hydrogen-bond acceptors (Lipinski definition) is 2. The minimum atomic E-state index is -0.377. The van der Waals surface area contributed by atoms with Crippen molar-refractivity contribution in [1.82, 2.24) is 0 Å². The van der Waals surface area contributed by atoms with E-state index in [9.17, 15) is 4.39 Å². The molecule has 0 radical (unpaired) electrons. The number of ether oxygens (including phenoxy) is 1. The van der Waals surface area contributed by atoms with E-state index in [1.807, 2.05) is 6.07 Å². The average molecular weight is 302 g/mol. The number of rotatable bonds is 3. The van der Waals surface area contributed by atoms with E-state index in [1.54, 1.807) is 31.4 Å². The van der Waals surface area contributed by atoms with Crippen molar-refractivity contribution in [3.63, 3.8) is 0 Å². The standard InChI is InChI=1S/C14H13ClFNO.ClH/c1-18-13-8-10(15)4-7-12(13)14(17)9-2-5-11(16)6-3-9;/h2-8,14H,17H2,1H3;1H. The molecular formula is C14H14Cl2FNO. The van der Waals surface area contributed by atoms with Gasteiger partial charge in [0.05, 0.1) is 13.2 Å². The molecule has 2 aromatic rings. The molecule has 0 aromatic heterocycles. The highest BCUT2D eigenvalue weighted by Crippen LogP contribution is 2.30. The molecule has 102 valence electrons. The van der Waals surface area contributed by atoms with Crippen LogP contribution < -0.4 is 10.5 Å². The Labute approximate surface area is 122 Å². The summed E-state index contributed by atoms with van der Waals surface area (Å²) < 4.78 is 18.1. The monoisotopic (exact) mass is 301 g/mol. The Bertz CT molecular complexity index is 546. The van der Waals surface area contributed by atoms with E-state index in [0.717, 1.165) is 11.1 Å². The Kier molecular flexibility index (Phi) is 5.60. The van der Waals surface area contributed by atoms with E-state index in [0.29, 0.717) is 10.8 Å². The molecule has 5 heteroatoms.